The molecule has 1 aliphatic rings. The van der Waals surface area contributed by atoms with Crippen molar-refractivity contribution in [2.24, 2.45) is 11.3 Å². The Morgan fingerprint density at radius 1 is 1.25 bits per heavy atom. The standard InChI is InChI=1S/C14H27NO/c1-5-12-7-6-9-15(10-8-12)11-13(16)14(2,3)4/h12H,5-11H2,1-4H3. The quantitative estimate of drug-likeness (QED) is 0.735. The predicted octanol–water partition coefficient (Wildman–Crippen LogP) is 3.11. The molecule has 94 valence electrons. The molecule has 0 N–H and O–H groups in total. The van der Waals surface area contributed by atoms with Crippen LogP contribution in [0, 0.1) is 11.3 Å². The van der Waals surface area contributed by atoms with Gasteiger partial charge in [-0.05, 0) is 38.3 Å². The zero-order valence-electron chi connectivity index (χ0n) is 11.4. The van der Waals surface area contributed by atoms with E-state index in [-0.39, 0.29) is 5.41 Å². The molecule has 1 heterocycles. The van der Waals surface area contributed by atoms with Gasteiger partial charge in [0.25, 0.3) is 0 Å². The molecule has 0 spiro atoms. The van der Waals surface area contributed by atoms with Crippen molar-refractivity contribution in [2.45, 2.75) is 53.4 Å². The average molecular weight is 225 g/mol. The highest BCUT2D eigenvalue weighted by Crippen LogP contribution is 2.21. The van der Waals surface area contributed by atoms with E-state index in [1.807, 2.05) is 20.8 Å². The Labute approximate surface area is 100 Å². The summed E-state index contributed by atoms with van der Waals surface area (Å²) in [7, 11) is 0. The van der Waals surface area contributed by atoms with Crippen LogP contribution in [0.15, 0.2) is 0 Å². The Bertz CT molecular complexity index is 229. The molecule has 0 amide bonds. The van der Waals surface area contributed by atoms with Gasteiger partial charge in [-0.3, -0.25) is 9.69 Å². The molecular weight excluding hydrogens is 198 g/mol. The van der Waals surface area contributed by atoms with Gasteiger partial charge in [0.1, 0.15) is 0 Å². The van der Waals surface area contributed by atoms with Gasteiger partial charge in [0.15, 0.2) is 5.78 Å². The monoisotopic (exact) mass is 225 g/mol. The molecule has 1 rings (SSSR count). The van der Waals surface area contributed by atoms with E-state index in [1.54, 1.807) is 0 Å². The first-order chi connectivity index (χ1) is 7.43. The van der Waals surface area contributed by atoms with Crippen molar-refractivity contribution >= 4 is 5.78 Å². The van der Waals surface area contributed by atoms with Crippen LogP contribution >= 0.6 is 0 Å². The van der Waals surface area contributed by atoms with Crippen LogP contribution in [0.5, 0.6) is 0 Å². The van der Waals surface area contributed by atoms with E-state index in [1.165, 1.54) is 25.7 Å². The zero-order chi connectivity index (χ0) is 12.2. The number of ketones is 1. The first-order valence-corrected chi connectivity index (χ1v) is 6.69. The van der Waals surface area contributed by atoms with Gasteiger partial charge in [0, 0.05) is 5.41 Å². The van der Waals surface area contributed by atoms with Crippen molar-refractivity contribution in [1.29, 1.82) is 0 Å². The van der Waals surface area contributed by atoms with Crippen LogP contribution in [-0.4, -0.2) is 30.3 Å². The van der Waals surface area contributed by atoms with Crippen LogP contribution in [0.2, 0.25) is 0 Å². The number of carbonyl (C=O) groups is 1. The third-order valence-electron chi connectivity index (χ3n) is 3.72. The summed E-state index contributed by atoms with van der Waals surface area (Å²) in [6.07, 6.45) is 5.17. The summed E-state index contributed by atoms with van der Waals surface area (Å²) in [4.78, 5) is 14.3. The lowest BCUT2D eigenvalue weighted by molar-refractivity contribution is -0.127. The molecule has 0 bridgehead atoms. The van der Waals surface area contributed by atoms with Crippen LogP contribution in [0.25, 0.3) is 0 Å². The van der Waals surface area contributed by atoms with Crippen LogP contribution in [0.4, 0.5) is 0 Å². The Morgan fingerprint density at radius 2 is 1.94 bits per heavy atom. The van der Waals surface area contributed by atoms with Gasteiger partial charge >= 0.3 is 0 Å². The maximum atomic E-state index is 12.0. The van der Waals surface area contributed by atoms with Crippen LogP contribution < -0.4 is 0 Å². The zero-order valence-corrected chi connectivity index (χ0v) is 11.4. The molecule has 1 unspecified atom stereocenters. The molecule has 1 saturated heterocycles. The average Bonchev–Trinajstić information content (AvgIpc) is 2.41. The molecule has 0 aromatic heterocycles. The third kappa shape index (κ3) is 4.25. The molecular formula is C14H27NO. The molecule has 0 aromatic rings. The van der Waals surface area contributed by atoms with Gasteiger partial charge in [0.2, 0.25) is 0 Å². The Balaban J connectivity index is 2.41. The molecule has 2 heteroatoms. The fourth-order valence-corrected chi connectivity index (χ4v) is 2.23. The summed E-state index contributed by atoms with van der Waals surface area (Å²) < 4.78 is 0. The van der Waals surface area contributed by atoms with Crippen LogP contribution in [0.3, 0.4) is 0 Å². The molecule has 1 fully saturated rings. The fourth-order valence-electron chi connectivity index (χ4n) is 2.23. The van der Waals surface area contributed by atoms with E-state index >= 15 is 0 Å². The number of rotatable bonds is 3. The first kappa shape index (κ1) is 13.7. The van der Waals surface area contributed by atoms with E-state index in [0.29, 0.717) is 12.3 Å². The summed E-state index contributed by atoms with van der Waals surface area (Å²) in [6, 6.07) is 0. The molecule has 0 aliphatic carbocycles. The van der Waals surface area contributed by atoms with Crippen molar-refractivity contribution in [3.8, 4) is 0 Å². The topological polar surface area (TPSA) is 20.3 Å². The van der Waals surface area contributed by atoms with E-state index in [2.05, 4.69) is 11.8 Å². The molecule has 0 aromatic carbocycles. The van der Waals surface area contributed by atoms with Gasteiger partial charge in [-0.1, -0.05) is 34.1 Å². The minimum atomic E-state index is -0.184. The van der Waals surface area contributed by atoms with Crippen molar-refractivity contribution in [3.05, 3.63) is 0 Å². The first-order valence-electron chi connectivity index (χ1n) is 6.69. The Kier molecular flexibility index (Phi) is 4.97. The van der Waals surface area contributed by atoms with Crippen LogP contribution in [0.1, 0.15) is 53.4 Å². The van der Waals surface area contributed by atoms with Gasteiger partial charge in [-0.15, -0.1) is 0 Å². The highest BCUT2D eigenvalue weighted by Gasteiger charge is 2.24. The fraction of sp³-hybridized carbons (Fsp3) is 0.929. The number of likely N-dealkylation sites (tertiary alicyclic amines) is 1. The van der Waals surface area contributed by atoms with E-state index in [4.69, 9.17) is 0 Å². The normalized spacial score (nSPS) is 24.1. The molecule has 1 aliphatic heterocycles. The SMILES string of the molecule is CCC1CCCN(CC(=O)C(C)(C)C)CC1. The smallest absolute Gasteiger partial charge is 0.152 e. The lowest BCUT2D eigenvalue weighted by Gasteiger charge is -2.24. The molecule has 16 heavy (non-hydrogen) atoms. The Morgan fingerprint density at radius 3 is 2.50 bits per heavy atom. The van der Waals surface area contributed by atoms with Gasteiger partial charge < -0.3 is 0 Å². The maximum absolute atomic E-state index is 12.0. The highest BCUT2D eigenvalue weighted by atomic mass is 16.1. The Hall–Kier alpha value is -0.370. The van der Waals surface area contributed by atoms with Gasteiger partial charge in [-0.2, -0.15) is 0 Å². The largest absolute Gasteiger partial charge is 0.298 e. The third-order valence-corrected chi connectivity index (χ3v) is 3.72. The number of hydrogen-bond acceptors (Lipinski definition) is 2. The number of Topliss-reactive ketones (excluding diaryl/α,β-unsaturated/α-hetero) is 1. The second-order valence-corrected chi connectivity index (χ2v) is 6.15. The molecule has 0 radical (unpaired) electrons. The van der Waals surface area contributed by atoms with Crippen molar-refractivity contribution in [2.75, 3.05) is 19.6 Å². The number of nitrogens with zero attached hydrogens (tertiary/aromatic N) is 1. The second-order valence-electron chi connectivity index (χ2n) is 6.15. The minimum absolute atomic E-state index is 0.184. The van der Waals surface area contributed by atoms with Crippen molar-refractivity contribution in [1.82, 2.24) is 4.90 Å². The summed E-state index contributed by atoms with van der Waals surface area (Å²) in [6.45, 7) is 11.2. The van der Waals surface area contributed by atoms with Gasteiger partial charge in [0.05, 0.1) is 6.54 Å². The predicted molar refractivity (Wildman–Crippen MR) is 68.5 cm³/mol. The van der Waals surface area contributed by atoms with Crippen molar-refractivity contribution < 1.29 is 4.79 Å². The summed E-state index contributed by atoms with van der Waals surface area (Å²) in [5, 5.41) is 0. The second kappa shape index (κ2) is 5.81. The van der Waals surface area contributed by atoms with Gasteiger partial charge in [-0.25, -0.2) is 0 Å². The van der Waals surface area contributed by atoms with Crippen LogP contribution in [-0.2, 0) is 4.79 Å². The van der Waals surface area contributed by atoms with Crippen molar-refractivity contribution in [3.63, 3.8) is 0 Å². The number of hydrogen-bond donors (Lipinski definition) is 0. The lowest BCUT2D eigenvalue weighted by atomic mass is 9.90. The van der Waals surface area contributed by atoms with E-state index in [9.17, 15) is 4.79 Å². The summed E-state index contributed by atoms with van der Waals surface area (Å²) in [5.74, 6) is 1.26. The summed E-state index contributed by atoms with van der Waals surface area (Å²) in [5.41, 5.74) is -0.184. The lowest BCUT2D eigenvalue weighted by Crippen LogP contribution is -2.36. The molecule has 2 nitrogen and oxygen atoms in total. The minimum Gasteiger partial charge on any atom is -0.298 e. The van der Waals surface area contributed by atoms with E-state index in [0.717, 1.165) is 19.0 Å². The highest BCUT2D eigenvalue weighted by molar-refractivity contribution is 5.85. The van der Waals surface area contributed by atoms with E-state index < -0.39 is 0 Å². The maximum Gasteiger partial charge on any atom is 0.152 e. The number of carbonyl (C=O) groups excluding carboxylic acids is 1. The molecule has 0 saturated carbocycles. The molecule has 1 atom stereocenters. The summed E-state index contributed by atoms with van der Waals surface area (Å²) >= 11 is 0.